The molecule has 0 spiro atoms. The molecule has 1 saturated carbocycles. The van der Waals surface area contributed by atoms with Gasteiger partial charge < -0.3 is 4.74 Å². The van der Waals surface area contributed by atoms with Crippen molar-refractivity contribution in [1.29, 1.82) is 0 Å². The molecule has 1 unspecified atom stereocenters. The number of ether oxygens (including phenoxy) is 1. The van der Waals surface area contributed by atoms with E-state index < -0.39 is 0 Å². The number of rotatable bonds is 5. The second-order valence-corrected chi connectivity index (χ2v) is 7.90. The van der Waals surface area contributed by atoms with Gasteiger partial charge in [0, 0.05) is 13.1 Å². The first-order valence-electron chi connectivity index (χ1n) is 9.97. The maximum absolute atomic E-state index is 5.80. The topological polar surface area (TPSA) is 56.1 Å². The fourth-order valence-electron chi connectivity index (χ4n) is 4.34. The van der Waals surface area contributed by atoms with Crippen LogP contribution >= 0.6 is 0 Å². The van der Waals surface area contributed by atoms with Gasteiger partial charge in [0.05, 0.1) is 18.7 Å². The molecule has 0 radical (unpaired) electrons. The van der Waals surface area contributed by atoms with Crippen LogP contribution in [0.15, 0.2) is 24.3 Å². The SMILES string of the molecule is CC(C)Oc1ccc(C2c3nnnn3CCN2CC2CCCCC2)cc1. The van der Waals surface area contributed by atoms with Gasteiger partial charge in [-0.2, -0.15) is 0 Å². The van der Waals surface area contributed by atoms with Crippen molar-refractivity contribution in [3.8, 4) is 5.75 Å². The zero-order valence-corrected chi connectivity index (χ0v) is 15.8. The number of hydrogen-bond donors (Lipinski definition) is 0. The Morgan fingerprint density at radius 3 is 2.58 bits per heavy atom. The Morgan fingerprint density at radius 2 is 1.85 bits per heavy atom. The monoisotopic (exact) mass is 355 g/mol. The van der Waals surface area contributed by atoms with Gasteiger partial charge in [-0.25, -0.2) is 4.68 Å². The van der Waals surface area contributed by atoms with Crippen LogP contribution in [-0.4, -0.2) is 44.3 Å². The number of nitrogens with zero attached hydrogens (tertiary/aromatic N) is 5. The van der Waals surface area contributed by atoms with Crippen molar-refractivity contribution in [2.45, 2.75) is 64.6 Å². The average Bonchev–Trinajstić information content (AvgIpc) is 3.12. The van der Waals surface area contributed by atoms with E-state index in [9.17, 15) is 0 Å². The van der Waals surface area contributed by atoms with Crippen LogP contribution in [0.1, 0.15) is 63.4 Å². The highest BCUT2D eigenvalue weighted by Gasteiger charge is 2.33. The summed E-state index contributed by atoms with van der Waals surface area (Å²) in [5.41, 5.74) is 1.24. The van der Waals surface area contributed by atoms with Crippen LogP contribution in [0.3, 0.4) is 0 Å². The lowest BCUT2D eigenvalue weighted by Gasteiger charge is -2.38. The molecule has 1 atom stereocenters. The number of tetrazole rings is 1. The van der Waals surface area contributed by atoms with Gasteiger partial charge >= 0.3 is 0 Å². The third-order valence-corrected chi connectivity index (χ3v) is 5.55. The van der Waals surface area contributed by atoms with Crippen LogP contribution in [0.2, 0.25) is 0 Å². The fraction of sp³-hybridized carbons (Fsp3) is 0.650. The highest BCUT2D eigenvalue weighted by atomic mass is 16.5. The van der Waals surface area contributed by atoms with Crippen molar-refractivity contribution >= 4 is 0 Å². The quantitative estimate of drug-likeness (QED) is 0.822. The summed E-state index contributed by atoms with van der Waals surface area (Å²) in [6.07, 6.45) is 7.05. The van der Waals surface area contributed by atoms with E-state index in [0.717, 1.165) is 37.1 Å². The lowest BCUT2D eigenvalue weighted by Crippen LogP contribution is -2.42. The minimum Gasteiger partial charge on any atom is -0.491 e. The van der Waals surface area contributed by atoms with Crippen LogP contribution < -0.4 is 4.74 Å². The zero-order chi connectivity index (χ0) is 17.9. The van der Waals surface area contributed by atoms with E-state index in [1.54, 1.807) is 0 Å². The van der Waals surface area contributed by atoms with E-state index in [0.29, 0.717) is 0 Å². The maximum atomic E-state index is 5.80. The molecule has 2 aromatic rings. The second-order valence-electron chi connectivity index (χ2n) is 7.90. The van der Waals surface area contributed by atoms with Gasteiger partial charge in [-0.1, -0.05) is 31.4 Å². The van der Waals surface area contributed by atoms with E-state index in [2.05, 4.69) is 58.5 Å². The summed E-state index contributed by atoms with van der Waals surface area (Å²) in [5.74, 6) is 2.68. The number of benzene rings is 1. The minimum absolute atomic E-state index is 0.133. The number of hydrogen-bond acceptors (Lipinski definition) is 5. The van der Waals surface area contributed by atoms with Gasteiger partial charge in [-0.05, 0) is 60.7 Å². The van der Waals surface area contributed by atoms with Crippen LogP contribution in [0.4, 0.5) is 0 Å². The first-order valence-corrected chi connectivity index (χ1v) is 9.97. The van der Waals surface area contributed by atoms with Crippen LogP contribution in [0.25, 0.3) is 0 Å². The second kappa shape index (κ2) is 7.74. The molecule has 0 bridgehead atoms. The lowest BCUT2D eigenvalue weighted by molar-refractivity contribution is 0.132. The molecule has 4 rings (SSSR count). The fourth-order valence-corrected chi connectivity index (χ4v) is 4.34. The summed E-state index contributed by atoms with van der Waals surface area (Å²) < 4.78 is 7.76. The predicted octanol–water partition coefficient (Wildman–Crippen LogP) is 3.45. The van der Waals surface area contributed by atoms with Gasteiger partial charge in [0.15, 0.2) is 5.82 Å². The molecule has 2 aliphatic rings. The third kappa shape index (κ3) is 3.75. The summed E-state index contributed by atoms with van der Waals surface area (Å²) in [6.45, 7) is 7.12. The highest BCUT2D eigenvalue weighted by molar-refractivity contribution is 5.32. The zero-order valence-electron chi connectivity index (χ0n) is 15.8. The first-order chi connectivity index (χ1) is 12.7. The first kappa shape index (κ1) is 17.5. The lowest BCUT2D eigenvalue weighted by atomic mass is 9.88. The predicted molar refractivity (Wildman–Crippen MR) is 100 cm³/mol. The van der Waals surface area contributed by atoms with E-state index in [4.69, 9.17) is 4.74 Å². The molecule has 140 valence electrons. The smallest absolute Gasteiger partial charge is 0.173 e. The summed E-state index contributed by atoms with van der Waals surface area (Å²) in [5, 5.41) is 12.5. The van der Waals surface area contributed by atoms with Crippen molar-refractivity contribution in [2.75, 3.05) is 13.1 Å². The Bertz CT molecular complexity index is 705. The molecule has 26 heavy (non-hydrogen) atoms. The van der Waals surface area contributed by atoms with Crippen LogP contribution in [0, 0.1) is 5.92 Å². The molecule has 1 aliphatic heterocycles. The Hall–Kier alpha value is -1.95. The van der Waals surface area contributed by atoms with Crippen LogP contribution in [0.5, 0.6) is 5.75 Å². The molecule has 0 saturated heterocycles. The van der Waals surface area contributed by atoms with Crippen molar-refractivity contribution in [1.82, 2.24) is 25.1 Å². The van der Waals surface area contributed by atoms with Crippen molar-refractivity contribution in [3.05, 3.63) is 35.7 Å². The largest absolute Gasteiger partial charge is 0.491 e. The number of aromatic nitrogens is 4. The standard InChI is InChI=1S/C20H29N5O/c1-15(2)26-18-10-8-17(9-11-18)19-20-21-22-23-25(20)13-12-24(19)14-16-6-4-3-5-7-16/h8-11,15-16,19H,3-7,12-14H2,1-2H3. The van der Waals surface area contributed by atoms with Crippen LogP contribution in [-0.2, 0) is 6.54 Å². The van der Waals surface area contributed by atoms with Gasteiger partial charge in [-0.15, -0.1) is 5.10 Å². The summed E-state index contributed by atoms with van der Waals surface area (Å²) in [4.78, 5) is 2.58. The van der Waals surface area contributed by atoms with Gasteiger partial charge in [0.1, 0.15) is 5.75 Å². The molecule has 2 heterocycles. The average molecular weight is 355 g/mol. The Balaban J connectivity index is 1.58. The minimum atomic E-state index is 0.133. The maximum Gasteiger partial charge on any atom is 0.173 e. The van der Waals surface area contributed by atoms with E-state index in [1.165, 1.54) is 37.7 Å². The molecular weight excluding hydrogens is 326 g/mol. The van der Waals surface area contributed by atoms with Crippen molar-refractivity contribution < 1.29 is 4.74 Å². The molecule has 1 aromatic carbocycles. The summed E-state index contributed by atoms with van der Waals surface area (Å²) >= 11 is 0. The molecule has 0 amide bonds. The normalized spacial score (nSPS) is 21.7. The molecular formula is C20H29N5O. The molecule has 6 nitrogen and oxygen atoms in total. The summed E-state index contributed by atoms with van der Waals surface area (Å²) in [6, 6.07) is 8.60. The van der Waals surface area contributed by atoms with Gasteiger partial charge in [-0.3, -0.25) is 4.90 Å². The van der Waals surface area contributed by atoms with Crippen molar-refractivity contribution in [2.24, 2.45) is 5.92 Å². The van der Waals surface area contributed by atoms with E-state index in [-0.39, 0.29) is 12.1 Å². The molecule has 1 aliphatic carbocycles. The number of fused-ring (bicyclic) bond motifs is 1. The highest BCUT2D eigenvalue weighted by Crippen LogP contribution is 2.34. The molecule has 0 N–H and O–H groups in total. The van der Waals surface area contributed by atoms with Gasteiger partial charge in [0.2, 0.25) is 0 Å². The van der Waals surface area contributed by atoms with E-state index in [1.807, 2.05) is 4.68 Å². The molecule has 1 fully saturated rings. The Morgan fingerprint density at radius 1 is 1.08 bits per heavy atom. The van der Waals surface area contributed by atoms with Gasteiger partial charge in [0.25, 0.3) is 0 Å². The Kier molecular flexibility index (Phi) is 5.20. The van der Waals surface area contributed by atoms with Crippen molar-refractivity contribution in [3.63, 3.8) is 0 Å². The third-order valence-electron chi connectivity index (χ3n) is 5.55. The molecule has 1 aromatic heterocycles. The summed E-state index contributed by atoms with van der Waals surface area (Å²) in [7, 11) is 0. The van der Waals surface area contributed by atoms with E-state index >= 15 is 0 Å². The molecule has 6 heteroatoms. The Labute approximate surface area is 155 Å².